The highest BCUT2D eigenvalue weighted by Crippen LogP contribution is 2.17. The summed E-state index contributed by atoms with van der Waals surface area (Å²) in [7, 11) is 0. The Kier molecular flexibility index (Phi) is 6.76. The molecule has 5 heteroatoms. The summed E-state index contributed by atoms with van der Waals surface area (Å²) in [6.07, 6.45) is 4.27. The van der Waals surface area contributed by atoms with Crippen LogP contribution < -0.4 is 5.73 Å². The number of nitrogens with two attached hydrogens (primary N) is 1. The number of hydrogen-bond acceptors (Lipinski definition) is 3. The molecule has 0 spiro atoms. The maximum atomic E-state index is 5.35. The van der Waals surface area contributed by atoms with E-state index in [-0.39, 0.29) is 30.5 Å². The molecular formula is C6H13Cl2N3. The molecule has 1 heterocycles. The van der Waals surface area contributed by atoms with E-state index in [2.05, 4.69) is 9.98 Å². The predicted molar refractivity (Wildman–Crippen MR) is 53.6 cm³/mol. The predicted octanol–water partition coefficient (Wildman–Crippen LogP) is 1.05. The Bertz CT molecular complexity index is 144. The van der Waals surface area contributed by atoms with Gasteiger partial charge in [0.05, 0.1) is 0 Å². The van der Waals surface area contributed by atoms with Crippen LogP contribution in [0.3, 0.4) is 0 Å². The molecule has 0 aromatic rings. The first kappa shape index (κ1) is 13.5. The molecule has 11 heavy (non-hydrogen) atoms. The van der Waals surface area contributed by atoms with Crippen molar-refractivity contribution in [2.24, 2.45) is 15.7 Å². The second-order valence-corrected chi connectivity index (χ2v) is 2.31. The summed E-state index contributed by atoms with van der Waals surface area (Å²) < 4.78 is 0. The van der Waals surface area contributed by atoms with Gasteiger partial charge in [0, 0.05) is 18.9 Å². The third-order valence-electron chi connectivity index (χ3n) is 1.39. The average molecular weight is 198 g/mol. The summed E-state index contributed by atoms with van der Waals surface area (Å²) in [6.45, 7) is 2.62. The number of hydrogen-bond donors (Lipinski definition) is 1. The van der Waals surface area contributed by atoms with E-state index >= 15 is 0 Å². The van der Waals surface area contributed by atoms with E-state index in [9.17, 15) is 0 Å². The molecule has 0 aliphatic carbocycles. The summed E-state index contributed by atoms with van der Waals surface area (Å²) in [4.78, 5) is 8.26. The van der Waals surface area contributed by atoms with Gasteiger partial charge in [0.1, 0.15) is 5.66 Å². The molecule has 0 fully saturated rings. The minimum Gasteiger partial charge on any atom is -0.330 e. The summed E-state index contributed by atoms with van der Waals surface area (Å²) in [5, 5.41) is 0. The second-order valence-electron chi connectivity index (χ2n) is 2.31. The number of nitrogens with zero attached hydrogens (tertiary/aromatic N) is 2. The van der Waals surface area contributed by atoms with Crippen molar-refractivity contribution in [3.8, 4) is 0 Å². The van der Waals surface area contributed by atoms with E-state index in [1.807, 2.05) is 6.92 Å². The summed E-state index contributed by atoms with van der Waals surface area (Å²) in [6, 6.07) is 0. The first-order valence-electron chi connectivity index (χ1n) is 3.06. The monoisotopic (exact) mass is 197 g/mol. The van der Waals surface area contributed by atoms with E-state index in [0.717, 1.165) is 6.42 Å². The third kappa shape index (κ3) is 3.70. The summed E-state index contributed by atoms with van der Waals surface area (Å²) in [5.41, 5.74) is 5.10. The van der Waals surface area contributed by atoms with Gasteiger partial charge in [-0.05, 0) is 13.5 Å². The Morgan fingerprint density at radius 2 is 1.73 bits per heavy atom. The lowest BCUT2D eigenvalue weighted by molar-refractivity contribution is 0.476. The Morgan fingerprint density at radius 3 is 2.09 bits per heavy atom. The van der Waals surface area contributed by atoms with Crippen molar-refractivity contribution < 1.29 is 0 Å². The van der Waals surface area contributed by atoms with Gasteiger partial charge in [0.2, 0.25) is 0 Å². The highest BCUT2D eigenvalue weighted by atomic mass is 35.5. The van der Waals surface area contributed by atoms with Crippen molar-refractivity contribution in [2.75, 3.05) is 6.54 Å². The molecule has 2 N–H and O–H groups in total. The molecule has 1 rings (SSSR count). The normalized spacial score (nSPS) is 17.3. The molecule has 0 aromatic carbocycles. The molecule has 0 atom stereocenters. The van der Waals surface area contributed by atoms with Crippen LogP contribution in [-0.2, 0) is 0 Å². The fraction of sp³-hybridized carbons (Fsp3) is 0.667. The van der Waals surface area contributed by atoms with E-state index in [4.69, 9.17) is 5.73 Å². The number of rotatable bonds is 2. The summed E-state index contributed by atoms with van der Waals surface area (Å²) >= 11 is 0. The van der Waals surface area contributed by atoms with Crippen LogP contribution in [0.2, 0.25) is 0 Å². The summed E-state index contributed by atoms with van der Waals surface area (Å²) in [5.74, 6) is 0. The van der Waals surface area contributed by atoms with Crippen LogP contribution in [0.1, 0.15) is 13.3 Å². The van der Waals surface area contributed by atoms with Gasteiger partial charge >= 0.3 is 0 Å². The van der Waals surface area contributed by atoms with Crippen molar-refractivity contribution in [1.29, 1.82) is 0 Å². The minimum absolute atomic E-state index is 0. The van der Waals surface area contributed by atoms with E-state index < -0.39 is 0 Å². The van der Waals surface area contributed by atoms with Gasteiger partial charge in [-0.1, -0.05) is 0 Å². The van der Waals surface area contributed by atoms with Gasteiger partial charge in [0.25, 0.3) is 0 Å². The SMILES string of the molecule is CC1(CCN)N=CC=N1.Cl.Cl. The van der Waals surface area contributed by atoms with Crippen LogP contribution in [0.5, 0.6) is 0 Å². The quantitative estimate of drug-likeness (QED) is 0.708. The Balaban J connectivity index is 0. The maximum absolute atomic E-state index is 5.35. The zero-order chi connectivity index (χ0) is 6.74. The zero-order valence-electron chi connectivity index (χ0n) is 6.36. The molecule has 0 radical (unpaired) electrons. The molecule has 0 saturated carbocycles. The van der Waals surface area contributed by atoms with Gasteiger partial charge < -0.3 is 5.73 Å². The minimum atomic E-state index is -0.241. The van der Waals surface area contributed by atoms with Gasteiger partial charge in [-0.2, -0.15) is 0 Å². The molecule has 3 nitrogen and oxygen atoms in total. The Labute approximate surface area is 79.0 Å². The van der Waals surface area contributed by atoms with Crippen molar-refractivity contribution in [3.63, 3.8) is 0 Å². The zero-order valence-corrected chi connectivity index (χ0v) is 7.99. The molecule has 0 amide bonds. The van der Waals surface area contributed by atoms with Gasteiger partial charge in [-0.25, -0.2) is 0 Å². The molecule has 1 aliphatic rings. The average Bonchev–Trinajstić information content (AvgIpc) is 2.16. The molecule has 0 bridgehead atoms. The molecular weight excluding hydrogens is 185 g/mol. The topological polar surface area (TPSA) is 50.7 Å². The largest absolute Gasteiger partial charge is 0.330 e. The van der Waals surface area contributed by atoms with Crippen LogP contribution in [0.15, 0.2) is 9.98 Å². The molecule has 1 aliphatic heterocycles. The molecule has 66 valence electrons. The molecule has 0 aromatic heterocycles. The number of aliphatic imine (C=N–C) groups is 2. The Morgan fingerprint density at radius 1 is 1.27 bits per heavy atom. The Hall–Kier alpha value is -0.120. The van der Waals surface area contributed by atoms with Crippen molar-refractivity contribution in [1.82, 2.24) is 0 Å². The lowest BCUT2D eigenvalue weighted by Gasteiger charge is -2.14. The maximum Gasteiger partial charge on any atom is 0.148 e. The van der Waals surface area contributed by atoms with Crippen molar-refractivity contribution in [2.45, 2.75) is 19.0 Å². The van der Waals surface area contributed by atoms with E-state index in [1.165, 1.54) is 0 Å². The van der Waals surface area contributed by atoms with Crippen LogP contribution in [0, 0.1) is 0 Å². The standard InChI is InChI=1S/C6H11N3.2ClH/c1-6(2-3-7)8-4-5-9-6;;/h4-5H,2-3,7H2,1H3;2*1H. The number of halogens is 2. The lowest BCUT2D eigenvalue weighted by Crippen LogP contribution is -2.20. The van der Waals surface area contributed by atoms with Crippen molar-refractivity contribution in [3.05, 3.63) is 0 Å². The van der Waals surface area contributed by atoms with Gasteiger partial charge in [0.15, 0.2) is 0 Å². The second kappa shape index (κ2) is 5.52. The van der Waals surface area contributed by atoms with Crippen LogP contribution in [0.4, 0.5) is 0 Å². The van der Waals surface area contributed by atoms with Crippen molar-refractivity contribution >= 4 is 37.2 Å². The van der Waals surface area contributed by atoms with E-state index in [0.29, 0.717) is 6.54 Å². The lowest BCUT2D eigenvalue weighted by atomic mass is 10.1. The van der Waals surface area contributed by atoms with Gasteiger partial charge in [-0.3, -0.25) is 9.98 Å². The molecule has 0 unspecified atom stereocenters. The van der Waals surface area contributed by atoms with E-state index in [1.54, 1.807) is 12.4 Å². The first-order valence-corrected chi connectivity index (χ1v) is 3.06. The molecule has 0 saturated heterocycles. The first-order chi connectivity index (χ1) is 4.27. The smallest absolute Gasteiger partial charge is 0.148 e. The van der Waals surface area contributed by atoms with Gasteiger partial charge in [-0.15, -0.1) is 24.8 Å². The van der Waals surface area contributed by atoms with Crippen LogP contribution in [0.25, 0.3) is 0 Å². The van der Waals surface area contributed by atoms with Crippen LogP contribution in [-0.4, -0.2) is 24.6 Å². The van der Waals surface area contributed by atoms with Crippen LogP contribution >= 0.6 is 24.8 Å². The highest BCUT2D eigenvalue weighted by molar-refractivity contribution is 6.17. The fourth-order valence-corrected chi connectivity index (χ4v) is 0.824. The third-order valence-corrected chi connectivity index (χ3v) is 1.39. The highest BCUT2D eigenvalue weighted by Gasteiger charge is 2.20. The fourth-order valence-electron chi connectivity index (χ4n) is 0.824.